The second-order valence-electron chi connectivity index (χ2n) is 7.47. The average Bonchev–Trinajstić information content (AvgIpc) is 2.62. The number of carbonyl (C=O) groups excluding carboxylic acids is 1. The zero-order chi connectivity index (χ0) is 22.0. The van der Waals surface area contributed by atoms with E-state index in [-0.39, 0.29) is 13.0 Å². The Labute approximate surface area is 182 Å². The molecule has 7 nitrogen and oxygen atoms in total. The van der Waals surface area contributed by atoms with Gasteiger partial charge in [0.2, 0.25) is 0 Å². The molecule has 29 heavy (non-hydrogen) atoms. The van der Waals surface area contributed by atoms with Crippen LogP contribution in [0.2, 0.25) is 0 Å². The molecule has 0 aliphatic heterocycles. The number of ether oxygens (including phenoxy) is 2. The van der Waals surface area contributed by atoms with Gasteiger partial charge in [0.1, 0.15) is 11.4 Å². The molecule has 0 bridgehead atoms. The molecule has 0 aromatic heterocycles. The number of hydrogen-bond donors (Lipinski definition) is 2. The van der Waals surface area contributed by atoms with Crippen molar-refractivity contribution in [2.24, 2.45) is 0 Å². The van der Waals surface area contributed by atoms with Gasteiger partial charge < -0.3 is 24.8 Å². The van der Waals surface area contributed by atoms with Crippen molar-refractivity contribution in [1.29, 1.82) is 0 Å². The molecule has 0 aliphatic rings. The first kappa shape index (κ1) is 25.2. The van der Waals surface area contributed by atoms with E-state index in [0.717, 1.165) is 5.69 Å². The molecule has 0 heterocycles. The van der Waals surface area contributed by atoms with Crippen molar-refractivity contribution in [3.05, 3.63) is 23.8 Å². The largest absolute Gasteiger partial charge is 0.496 e. The number of benzene rings is 1. The van der Waals surface area contributed by atoms with Gasteiger partial charge >= 0.3 is 12.1 Å². The van der Waals surface area contributed by atoms with Gasteiger partial charge in [-0.15, -0.1) is 23.2 Å². The van der Waals surface area contributed by atoms with Crippen molar-refractivity contribution in [3.8, 4) is 5.75 Å². The number of carboxylic acid groups (broad SMARTS) is 1. The second-order valence-corrected chi connectivity index (χ2v) is 8.22. The molecule has 0 spiro atoms. The summed E-state index contributed by atoms with van der Waals surface area (Å²) in [4.78, 5) is 25.5. The number of aliphatic carboxylic acids is 1. The minimum absolute atomic E-state index is 0.0893. The number of amides is 1. The molecule has 1 aromatic rings. The normalized spacial score (nSPS) is 12.2. The first-order chi connectivity index (χ1) is 13.6. The van der Waals surface area contributed by atoms with Gasteiger partial charge in [-0.1, -0.05) is 0 Å². The van der Waals surface area contributed by atoms with E-state index >= 15 is 0 Å². The van der Waals surface area contributed by atoms with Crippen LogP contribution in [0.1, 0.15) is 38.7 Å². The predicted molar refractivity (Wildman–Crippen MR) is 116 cm³/mol. The van der Waals surface area contributed by atoms with Crippen LogP contribution in [0.15, 0.2) is 18.2 Å². The van der Waals surface area contributed by atoms with Crippen LogP contribution in [0, 0.1) is 0 Å². The van der Waals surface area contributed by atoms with E-state index in [1.165, 1.54) is 7.11 Å². The molecule has 1 aromatic carbocycles. The number of halogens is 2. The molecule has 164 valence electrons. The van der Waals surface area contributed by atoms with Gasteiger partial charge in [0.05, 0.1) is 13.5 Å². The minimum Gasteiger partial charge on any atom is -0.496 e. The van der Waals surface area contributed by atoms with Crippen molar-refractivity contribution in [2.75, 3.05) is 43.4 Å². The fourth-order valence-corrected chi connectivity index (χ4v) is 3.24. The molecule has 2 N–H and O–H groups in total. The summed E-state index contributed by atoms with van der Waals surface area (Å²) in [7, 11) is 1.52. The molecule has 1 unspecified atom stereocenters. The lowest BCUT2D eigenvalue weighted by atomic mass is 9.94. The molecule has 1 amide bonds. The minimum atomic E-state index is -0.980. The summed E-state index contributed by atoms with van der Waals surface area (Å²) in [5.74, 6) is -0.0909. The van der Waals surface area contributed by atoms with Crippen LogP contribution in [0.25, 0.3) is 0 Å². The maximum absolute atomic E-state index is 12.0. The van der Waals surface area contributed by atoms with E-state index in [2.05, 4.69) is 5.32 Å². The van der Waals surface area contributed by atoms with Crippen molar-refractivity contribution < 1.29 is 24.2 Å². The molecule has 0 fully saturated rings. The van der Waals surface area contributed by atoms with E-state index in [9.17, 15) is 14.7 Å². The molecule has 1 rings (SSSR count). The van der Waals surface area contributed by atoms with Crippen LogP contribution in [-0.4, -0.2) is 61.3 Å². The predicted octanol–water partition coefficient (Wildman–Crippen LogP) is 4.06. The maximum atomic E-state index is 12.0. The lowest BCUT2D eigenvalue weighted by Gasteiger charge is -2.26. The van der Waals surface area contributed by atoms with E-state index in [0.29, 0.717) is 36.2 Å². The van der Waals surface area contributed by atoms with Crippen LogP contribution < -0.4 is 15.0 Å². The first-order valence-corrected chi connectivity index (χ1v) is 10.4. The van der Waals surface area contributed by atoms with Gasteiger partial charge in [0.25, 0.3) is 0 Å². The number of methoxy groups -OCH3 is 1. The van der Waals surface area contributed by atoms with Crippen LogP contribution in [-0.2, 0) is 9.53 Å². The van der Waals surface area contributed by atoms with Gasteiger partial charge in [0.15, 0.2) is 0 Å². The van der Waals surface area contributed by atoms with Crippen molar-refractivity contribution in [1.82, 2.24) is 5.32 Å². The Bertz CT molecular complexity index is 673. The Balaban J connectivity index is 3.16. The molecule has 1 atom stereocenters. The van der Waals surface area contributed by atoms with Crippen LogP contribution in [0.5, 0.6) is 5.75 Å². The van der Waals surface area contributed by atoms with Crippen LogP contribution >= 0.6 is 23.2 Å². The standard InChI is InChI=1S/C20H30Cl2N2O5/c1-20(2,3)29-19(27)23-13-14(11-18(25)26)16-12-15(5-6-17(16)28-4)24(9-7-21)10-8-22/h5-6,12,14H,7-11,13H2,1-4H3,(H,23,27)(H,25,26). The highest BCUT2D eigenvalue weighted by molar-refractivity contribution is 6.18. The monoisotopic (exact) mass is 448 g/mol. The van der Waals surface area contributed by atoms with Crippen molar-refractivity contribution >= 4 is 41.0 Å². The summed E-state index contributed by atoms with van der Waals surface area (Å²) >= 11 is 11.8. The number of carboxylic acids is 1. The van der Waals surface area contributed by atoms with E-state index < -0.39 is 23.6 Å². The van der Waals surface area contributed by atoms with Gasteiger partial charge in [-0.2, -0.15) is 0 Å². The quantitative estimate of drug-likeness (QED) is 0.496. The molecule has 9 heteroatoms. The first-order valence-electron chi connectivity index (χ1n) is 9.34. The van der Waals surface area contributed by atoms with Crippen molar-refractivity contribution in [2.45, 2.75) is 38.7 Å². The smallest absolute Gasteiger partial charge is 0.407 e. The van der Waals surface area contributed by atoms with E-state index in [1.807, 2.05) is 17.0 Å². The fraction of sp³-hybridized carbons (Fsp3) is 0.600. The molecule has 0 aliphatic carbocycles. The van der Waals surface area contributed by atoms with Crippen LogP contribution in [0.4, 0.5) is 10.5 Å². The summed E-state index contributed by atoms with van der Waals surface area (Å²) in [5.41, 5.74) is 0.889. The molecular weight excluding hydrogens is 419 g/mol. The third-order valence-corrected chi connectivity index (χ3v) is 4.38. The summed E-state index contributed by atoms with van der Waals surface area (Å²) in [6.45, 7) is 6.56. The Morgan fingerprint density at radius 1 is 1.21 bits per heavy atom. The summed E-state index contributed by atoms with van der Waals surface area (Å²) in [6.07, 6.45) is -0.783. The van der Waals surface area contributed by atoms with Crippen LogP contribution in [0.3, 0.4) is 0 Å². The topological polar surface area (TPSA) is 88.1 Å². The Morgan fingerprint density at radius 3 is 2.31 bits per heavy atom. The number of anilines is 1. The molecule has 0 radical (unpaired) electrons. The SMILES string of the molecule is COc1ccc(N(CCCl)CCCl)cc1C(CNC(=O)OC(C)(C)C)CC(=O)O. The van der Waals surface area contributed by atoms with Gasteiger partial charge in [-0.25, -0.2) is 4.79 Å². The number of nitrogens with one attached hydrogen (secondary N) is 1. The number of carbonyl (C=O) groups is 2. The highest BCUT2D eigenvalue weighted by atomic mass is 35.5. The number of alkyl carbamates (subject to hydrolysis) is 1. The highest BCUT2D eigenvalue weighted by Gasteiger charge is 2.23. The number of alkyl halides is 2. The summed E-state index contributed by atoms with van der Waals surface area (Å²) in [6, 6.07) is 5.52. The number of rotatable bonds is 11. The Kier molecular flexibility index (Phi) is 10.4. The van der Waals surface area contributed by atoms with Crippen molar-refractivity contribution in [3.63, 3.8) is 0 Å². The number of hydrogen-bond acceptors (Lipinski definition) is 5. The zero-order valence-corrected chi connectivity index (χ0v) is 18.8. The fourth-order valence-electron chi connectivity index (χ4n) is 2.84. The zero-order valence-electron chi connectivity index (χ0n) is 17.3. The average molecular weight is 449 g/mol. The maximum Gasteiger partial charge on any atom is 0.407 e. The highest BCUT2D eigenvalue weighted by Crippen LogP contribution is 2.33. The van der Waals surface area contributed by atoms with Gasteiger partial charge in [0, 0.05) is 48.6 Å². The molecule has 0 saturated heterocycles. The molecule has 0 saturated carbocycles. The summed E-state index contributed by atoms with van der Waals surface area (Å²) < 4.78 is 10.7. The lowest BCUT2D eigenvalue weighted by Crippen LogP contribution is -2.35. The third-order valence-electron chi connectivity index (χ3n) is 4.04. The molecular formula is C20H30Cl2N2O5. The summed E-state index contributed by atoms with van der Waals surface area (Å²) in [5, 5.41) is 12.0. The third kappa shape index (κ3) is 9.00. The van der Waals surface area contributed by atoms with Gasteiger partial charge in [-0.3, -0.25) is 4.79 Å². The van der Waals surface area contributed by atoms with E-state index in [4.69, 9.17) is 32.7 Å². The van der Waals surface area contributed by atoms with E-state index in [1.54, 1.807) is 26.8 Å². The Morgan fingerprint density at radius 2 is 1.83 bits per heavy atom. The lowest BCUT2D eigenvalue weighted by molar-refractivity contribution is -0.137. The second kappa shape index (κ2) is 12.0. The van der Waals surface area contributed by atoms with Gasteiger partial charge in [-0.05, 0) is 39.0 Å². The Hall–Kier alpha value is -1.86. The number of nitrogens with zero attached hydrogens (tertiary/aromatic N) is 1.